The molecular weight excluding hydrogens is 450 g/mol. The van der Waals surface area contributed by atoms with Crippen molar-refractivity contribution in [2.45, 2.75) is 38.0 Å². The van der Waals surface area contributed by atoms with Crippen molar-refractivity contribution in [1.82, 2.24) is 19.5 Å². The summed E-state index contributed by atoms with van der Waals surface area (Å²) in [6.45, 7) is 5.24. The number of sulfone groups is 1. The van der Waals surface area contributed by atoms with Crippen LogP contribution in [0.15, 0.2) is 29.4 Å². The van der Waals surface area contributed by atoms with Gasteiger partial charge in [-0.25, -0.2) is 18.4 Å². The van der Waals surface area contributed by atoms with Gasteiger partial charge in [0.2, 0.25) is 0 Å². The van der Waals surface area contributed by atoms with Gasteiger partial charge in [0.1, 0.15) is 11.4 Å². The van der Waals surface area contributed by atoms with E-state index < -0.39 is 49.8 Å². The van der Waals surface area contributed by atoms with E-state index in [4.69, 9.17) is 0 Å². The maximum Gasteiger partial charge on any atom is 0.433 e. The molecule has 3 heterocycles. The lowest BCUT2D eigenvalue weighted by molar-refractivity contribution is -0.141. The summed E-state index contributed by atoms with van der Waals surface area (Å²) >= 11 is 0. The number of nitrogens with zero attached hydrogens (tertiary/aromatic N) is 4. The third-order valence-corrected chi connectivity index (χ3v) is 5.91. The number of imidazole rings is 1. The molecule has 0 saturated carbocycles. The number of fused-ring (bicyclic) bond motifs is 1. The van der Waals surface area contributed by atoms with Crippen molar-refractivity contribution in [3.63, 3.8) is 0 Å². The molecule has 3 aromatic rings. The molecule has 0 bridgehead atoms. The molecule has 3 rings (SSSR count). The fraction of sp³-hybridized carbons (Fsp3) is 0.389. The Morgan fingerprint density at radius 1 is 0.968 bits per heavy atom. The molecule has 0 atom stereocenters. The zero-order valence-electron chi connectivity index (χ0n) is 16.8. The van der Waals surface area contributed by atoms with Crippen LogP contribution in [0.4, 0.5) is 26.3 Å². The van der Waals surface area contributed by atoms with Crippen LogP contribution in [0.3, 0.4) is 0 Å². The third kappa shape index (κ3) is 4.81. The van der Waals surface area contributed by atoms with Crippen molar-refractivity contribution >= 4 is 20.9 Å². The minimum Gasteiger partial charge on any atom is -0.324 e. The maximum absolute atomic E-state index is 13.0. The van der Waals surface area contributed by atoms with Crippen molar-refractivity contribution in [3.05, 3.63) is 35.8 Å². The van der Waals surface area contributed by atoms with Crippen molar-refractivity contribution in [1.29, 1.82) is 0 Å². The van der Waals surface area contributed by atoms with Crippen LogP contribution < -0.4 is 0 Å². The van der Waals surface area contributed by atoms with Crippen molar-refractivity contribution in [2.75, 3.05) is 5.75 Å². The van der Waals surface area contributed by atoms with E-state index in [1.807, 2.05) is 13.8 Å². The molecule has 0 aromatic carbocycles. The summed E-state index contributed by atoms with van der Waals surface area (Å²) in [7, 11) is -2.79. The first-order valence-corrected chi connectivity index (χ1v) is 10.6. The molecule has 170 valence electrons. The molecule has 0 spiro atoms. The first-order chi connectivity index (χ1) is 14.3. The van der Waals surface area contributed by atoms with Crippen LogP contribution in [0, 0.1) is 0 Å². The number of aromatic nitrogens is 4. The number of aryl methyl sites for hydroxylation is 1. The molecular formula is C18H18F6N4O2S. The number of hydrogen-bond donors (Lipinski definition) is 0. The summed E-state index contributed by atoms with van der Waals surface area (Å²) in [5.74, 6) is -0.714. The second-order valence-electron chi connectivity index (χ2n) is 6.02. The highest BCUT2D eigenvalue weighted by molar-refractivity contribution is 7.91. The Kier molecular flexibility index (Phi) is 6.69. The number of rotatable bonds is 3. The Morgan fingerprint density at radius 3 is 2.10 bits per heavy atom. The van der Waals surface area contributed by atoms with Gasteiger partial charge in [0.25, 0.3) is 0 Å². The van der Waals surface area contributed by atoms with Crippen molar-refractivity contribution in [2.24, 2.45) is 7.05 Å². The SMILES string of the molecule is CC.CCS(=O)(=O)c1cc(C(F)(F)F)cnc1-c1nc2cc(C(F)(F)F)ncc2n1C. The highest BCUT2D eigenvalue weighted by atomic mass is 32.2. The standard InChI is InChI=1S/C16H12F6N4O2S.C2H6/c1-3-29(27,28)11-4-8(15(17,18)19)6-24-13(11)14-25-9-5-12(16(20,21)22)23-7-10(9)26(14)2;1-2/h4-7H,3H2,1-2H3;1-2H3. The van der Waals surface area contributed by atoms with E-state index in [1.165, 1.54) is 18.5 Å². The first kappa shape index (κ1) is 24.6. The second-order valence-corrected chi connectivity index (χ2v) is 8.27. The van der Waals surface area contributed by atoms with Crippen LogP contribution in [-0.2, 0) is 29.2 Å². The van der Waals surface area contributed by atoms with E-state index in [0.29, 0.717) is 18.3 Å². The van der Waals surface area contributed by atoms with Gasteiger partial charge in [-0.1, -0.05) is 20.8 Å². The molecule has 0 aliphatic carbocycles. The van der Waals surface area contributed by atoms with Gasteiger partial charge in [-0.15, -0.1) is 0 Å². The highest BCUT2D eigenvalue weighted by Gasteiger charge is 2.35. The number of pyridine rings is 2. The average Bonchev–Trinajstić information content (AvgIpc) is 3.03. The summed E-state index contributed by atoms with van der Waals surface area (Å²) in [6.07, 6.45) is -8.22. The summed E-state index contributed by atoms with van der Waals surface area (Å²) in [5, 5.41) is 0. The van der Waals surface area contributed by atoms with Crippen LogP contribution in [-0.4, -0.2) is 33.7 Å². The van der Waals surface area contributed by atoms with Crippen LogP contribution in [0.25, 0.3) is 22.6 Å². The average molecular weight is 468 g/mol. The molecule has 0 amide bonds. The molecule has 0 radical (unpaired) electrons. The molecule has 0 fully saturated rings. The minimum atomic E-state index is -4.83. The second kappa shape index (κ2) is 8.44. The first-order valence-electron chi connectivity index (χ1n) is 8.95. The van der Waals surface area contributed by atoms with Gasteiger partial charge in [-0.2, -0.15) is 26.3 Å². The smallest absolute Gasteiger partial charge is 0.324 e. The predicted octanol–water partition coefficient (Wildman–Crippen LogP) is 4.89. The third-order valence-electron chi connectivity index (χ3n) is 4.16. The predicted molar refractivity (Wildman–Crippen MR) is 101 cm³/mol. The summed E-state index contributed by atoms with van der Waals surface area (Å²) in [5.41, 5.74) is -2.92. The normalized spacial score (nSPS) is 12.6. The van der Waals surface area contributed by atoms with Gasteiger partial charge in [-0.05, 0) is 12.1 Å². The Morgan fingerprint density at radius 2 is 1.58 bits per heavy atom. The van der Waals surface area contributed by atoms with Crippen LogP contribution in [0.2, 0.25) is 0 Å². The highest BCUT2D eigenvalue weighted by Crippen LogP contribution is 2.35. The number of hydrogen-bond acceptors (Lipinski definition) is 5. The van der Waals surface area contributed by atoms with Gasteiger partial charge >= 0.3 is 12.4 Å². The Hall–Kier alpha value is -2.70. The molecule has 31 heavy (non-hydrogen) atoms. The van der Waals surface area contributed by atoms with Crippen LogP contribution in [0.1, 0.15) is 32.0 Å². The Bertz CT molecular complexity index is 1200. The summed E-state index contributed by atoms with van der Waals surface area (Å²) in [6, 6.07) is 1.11. The molecule has 0 aliphatic rings. The zero-order chi connectivity index (χ0) is 23.8. The molecule has 0 saturated heterocycles. The van der Waals surface area contributed by atoms with E-state index in [9.17, 15) is 34.8 Å². The Labute approximate surface area is 173 Å². The van der Waals surface area contributed by atoms with E-state index in [2.05, 4.69) is 15.0 Å². The fourth-order valence-corrected chi connectivity index (χ4v) is 3.67. The molecule has 3 aromatic heterocycles. The van der Waals surface area contributed by atoms with Crippen LogP contribution in [0.5, 0.6) is 0 Å². The summed E-state index contributed by atoms with van der Waals surface area (Å²) < 4.78 is 104. The van der Waals surface area contributed by atoms with Crippen molar-refractivity contribution in [3.8, 4) is 11.5 Å². The van der Waals surface area contributed by atoms with Gasteiger partial charge in [0.15, 0.2) is 15.7 Å². The lowest BCUT2D eigenvalue weighted by Crippen LogP contribution is -2.13. The fourth-order valence-electron chi connectivity index (χ4n) is 2.62. The van der Waals surface area contributed by atoms with E-state index in [0.717, 1.165) is 6.20 Å². The molecule has 0 unspecified atom stereocenters. The van der Waals surface area contributed by atoms with Gasteiger partial charge in [0, 0.05) is 13.2 Å². The maximum atomic E-state index is 13.0. The van der Waals surface area contributed by atoms with Crippen LogP contribution >= 0.6 is 0 Å². The van der Waals surface area contributed by atoms with E-state index in [-0.39, 0.29) is 16.9 Å². The topological polar surface area (TPSA) is 77.7 Å². The van der Waals surface area contributed by atoms with E-state index in [1.54, 1.807) is 0 Å². The van der Waals surface area contributed by atoms with Crippen molar-refractivity contribution < 1.29 is 34.8 Å². The molecule has 13 heteroatoms. The monoisotopic (exact) mass is 468 g/mol. The summed E-state index contributed by atoms with van der Waals surface area (Å²) in [4.78, 5) is 10.2. The van der Waals surface area contributed by atoms with Gasteiger partial charge < -0.3 is 4.57 Å². The lowest BCUT2D eigenvalue weighted by Gasteiger charge is -2.12. The van der Waals surface area contributed by atoms with Gasteiger partial charge in [0.05, 0.1) is 33.4 Å². The Balaban J connectivity index is 0.00000166. The minimum absolute atomic E-state index is 0.120. The number of alkyl halides is 6. The quantitative estimate of drug-likeness (QED) is 0.512. The number of halogens is 6. The molecule has 0 aliphatic heterocycles. The van der Waals surface area contributed by atoms with Gasteiger partial charge in [-0.3, -0.25) is 4.98 Å². The molecule has 6 nitrogen and oxygen atoms in total. The zero-order valence-corrected chi connectivity index (χ0v) is 17.6. The lowest BCUT2D eigenvalue weighted by atomic mass is 10.2. The largest absolute Gasteiger partial charge is 0.433 e. The van der Waals surface area contributed by atoms with E-state index >= 15 is 0 Å². The molecule has 0 N–H and O–H groups in total.